The number of hydrogen-bond donors (Lipinski definition) is 1. The van der Waals surface area contributed by atoms with E-state index in [1.807, 2.05) is 18.5 Å². The first kappa shape index (κ1) is 14.7. The number of nitrogens with one attached hydrogen (secondary N) is 1. The van der Waals surface area contributed by atoms with Crippen molar-refractivity contribution in [3.8, 4) is 5.75 Å². The number of fused-ring (bicyclic) bond motifs is 1. The summed E-state index contributed by atoms with van der Waals surface area (Å²) < 4.78 is 6.47. The highest BCUT2D eigenvalue weighted by Crippen LogP contribution is 2.47. The highest BCUT2D eigenvalue weighted by atomic mass is 16.5. The van der Waals surface area contributed by atoms with Crippen LogP contribution in [0.5, 0.6) is 5.75 Å². The number of benzene rings is 1. The van der Waals surface area contributed by atoms with Gasteiger partial charge in [-0.1, -0.05) is 23.8 Å². The zero-order chi connectivity index (χ0) is 15.7. The number of aryl methyl sites for hydroxylation is 1. The van der Waals surface area contributed by atoms with Crippen LogP contribution in [0.25, 0.3) is 0 Å². The minimum Gasteiger partial charge on any atom is -0.487 e. The van der Waals surface area contributed by atoms with E-state index in [1.54, 1.807) is 0 Å². The van der Waals surface area contributed by atoms with Crippen LogP contribution in [0.3, 0.4) is 0 Å². The molecule has 0 bridgehead atoms. The highest BCUT2D eigenvalue weighted by Gasteiger charge is 2.42. The molecule has 0 saturated heterocycles. The van der Waals surface area contributed by atoms with Crippen molar-refractivity contribution >= 4 is 0 Å². The largest absolute Gasteiger partial charge is 0.487 e. The lowest BCUT2D eigenvalue weighted by Gasteiger charge is -2.40. The lowest BCUT2D eigenvalue weighted by molar-refractivity contribution is 0.0364. The Hall–Kier alpha value is -1.87. The van der Waals surface area contributed by atoms with Crippen molar-refractivity contribution in [1.82, 2.24) is 10.3 Å². The van der Waals surface area contributed by atoms with Crippen LogP contribution in [0.2, 0.25) is 0 Å². The fourth-order valence-electron chi connectivity index (χ4n) is 4.04. The molecule has 1 fully saturated rings. The molecule has 1 atom stereocenters. The van der Waals surface area contributed by atoms with Gasteiger partial charge in [-0.15, -0.1) is 0 Å². The van der Waals surface area contributed by atoms with Crippen LogP contribution >= 0.6 is 0 Å². The Morgan fingerprint density at radius 3 is 2.91 bits per heavy atom. The summed E-state index contributed by atoms with van der Waals surface area (Å²) in [4.78, 5) is 4.21. The maximum absolute atomic E-state index is 6.47. The van der Waals surface area contributed by atoms with Crippen LogP contribution in [0, 0.1) is 6.92 Å². The SMILES string of the molecule is Cc1ccc2c(c1)C(NCc1cccnc1)CC1(CCCC1)O2. The second kappa shape index (κ2) is 5.97. The van der Waals surface area contributed by atoms with Crippen LogP contribution in [0.1, 0.15) is 54.8 Å². The lowest BCUT2D eigenvalue weighted by Crippen LogP contribution is -2.42. The molecule has 2 aliphatic rings. The molecule has 2 aromatic rings. The van der Waals surface area contributed by atoms with Gasteiger partial charge in [-0.2, -0.15) is 0 Å². The normalized spacial score (nSPS) is 21.9. The average molecular weight is 308 g/mol. The monoisotopic (exact) mass is 308 g/mol. The molecular formula is C20H24N2O. The van der Waals surface area contributed by atoms with Gasteiger partial charge in [-0.05, 0) is 50.3 Å². The molecular weight excluding hydrogens is 284 g/mol. The zero-order valence-corrected chi connectivity index (χ0v) is 13.7. The molecule has 0 radical (unpaired) electrons. The van der Waals surface area contributed by atoms with Gasteiger partial charge in [0.15, 0.2) is 0 Å². The molecule has 1 saturated carbocycles. The number of aromatic nitrogens is 1. The van der Waals surface area contributed by atoms with Gasteiger partial charge in [0.1, 0.15) is 11.4 Å². The van der Waals surface area contributed by atoms with Crippen molar-refractivity contribution in [3.05, 3.63) is 59.4 Å². The summed E-state index contributed by atoms with van der Waals surface area (Å²) in [5.41, 5.74) is 3.89. The van der Waals surface area contributed by atoms with Gasteiger partial charge in [-0.25, -0.2) is 0 Å². The Bertz CT molecular complexity index is 677. The maximum Gasteiger partial charge on any atom is 0.124 e. The number of rotatable bonds is 3. The minimum absolute atomic E-state index is 0.0505. The van der Waals surface area contributed by atoms with Crippen LogP contribution in [-0.4, -0.2) is 10.6 Å². The maximum atomic E-state index is 6.47. The third-order valence-corrected chi connectivity index (χ3v) is 5.23. The van der Waals surface area contributed by atoms with Gasteiger partial charge in [0.05, 0.1) is 0 Å². The summed E-state index contributed by atoms with van der Waals surface area (Å²) in [6, 6.07) is 11.1. The zero-order valence-electron chi connectivity index (χ0n) is 13.7. The second-order valence-electron chi connectivity index (χ2n) is 7.03. The van der Waals surface area contributed by atoms with Crippen molar-refractivity contribution < 1.29 is 4.74 Å². The lowest BCUT2D eigenvalue weighted by atomic mass is 9.85. The van der Waals surface area contributed by atoms with E-state index in [1.165, 1.54) is 42.4 Å². The van der Waals surface area contributed by atoms with Crippen LogP contribution in [-0.2, 0) is 6.54 Å². The van der Waals surface area contributed by atoms with E-state index in [0.29, 0.717) is 6.04 Å². The number of hydrogen-bond acceptors (Lipinski definition) is 3. The first-order valence-electron chi connectivity index (χ1n) is 8.66. The summed E-state index contributed by atoms with van der Waals surface area (Å²) in [5, 5.41) is 3.75. The van der Waals surface area contributed by atoms with Crippen molar-refractivity contribution in [1.29, 1.82) is 0 Å². The molecule has 1 N–H and O–H groups in total. The Kier molecular flexibility index (Phi) is 3.82. The van der Waals surface area contributed by atoms with Crippen molar-refractivity contribution in [2.24, 2.45) is 0 Å². The fraction of sp³-hybridized carbons (Fsp3) is 0.450. The highest BCUT2D eigenvalue weighted by molar-refractivity contribution is 5.42. The van der Waals surface area contributed by atoms with Crippen molar-refractivity contribution in [3.63, 3.8) is 0 Å². The topological polar surface area (TPSA) is 34.2 Å². The molecule has 1 unspecified atom stereocenters. The van der Waals surface area contributed by atoms with Crippen molar-refractivity contribution in [2.75, 3.05) is 0 Å². The molecule has 2 heterocycles. The van der Waals surface area contributed by atoms with Crippen LogP contribution < -0.4 is 10.1 Å². The second-order valence-corrected chi connectivity index (χ2v) is 7.03. The number of ether oxygens (including phenoxy) is 1. The first-order chi connectivity index (χ1) is 11.2. The molecule has 3 nitrogen and oxygen atoms in total. The van der Waals surface area contributed by atoms with E-state index in [2.05, 4.69) is 41.5 Å². The summed E-state index contributed by atoms with van der Waals surface area (Å²) in [5.74, 6) is 1.08. The van der Waals surface area contributed by atoms with Crippen LogP contribution in [0.4, 0.5) is 0 Å². The van der Waals surface area contributed by atoms with E-state index >= 15 is 0 Å². The van der Waals surface area contributed by atoms with E-state index in [0.717, 1.165) is 18.7 Å². The Morgan fingerprint density at radius 1 is 1.26 bits per heavy atom. The van der Waals surface area contributed by atoms with Crippen LogP contribution in [0.15, 0.2) is 42.7 Å². The Morgan fingerprint density at radius 2 is 2.13 bits per heavy atom. The predicted molar refractivity (Wildman–Crippen MR) is 91.4 cm³/mol. The standard InChI is InChI=1S/C20H24N2O/c1-15-6-7-19-17(11-15)18(12-20(23-19)8-2-3-9-20)22-14-16-5-4-10-21-13-16/h4-7,10-11,13,18,22H,2-3,8-9,12,14H2,1H3. The molecule has 1 aromatic heterocycles. The van der Waals surface area contributed by atoms with E-state index in [-0.39, 0.29) is 5.60 Å². The number of nitrogens with zero attached hydrogens (tertiary/aromatic N) is 1. The molecule has 1 aliphatic heterocycles. The fourth-order valence-corrected chi connectivity index (χ4v) is 4.04. The summed E-state index contributed by atoms with van der Waals surface area (Å²) in [6.45, 7) is 3.00. The van der Waals surface area contributed by atoms with E-state index in [9.17, 15) is 0 Å². The molecule has 23 heavy (non-hydrogen) atoms. The number of pyridine rings is 1. The molecule has 120 valence electrons. The average Bonchev–Trinajstić information content (AvgIpc) is 3.02. The van der Waals surface area contributed by atoms with Gasteiger partial charge in [0, 0.05) is 37.0 Å². The molecule has 1 aliphatic carbocycles. The van der Waals surface area contributed by atoms with Crippen molar-refractivity contribution in [2.45, 2.75) is 57.2 Å². The molecule has 3 heteroatoms. The van der Waals surface area contributed by atoms with Gasteiger partial charge < -0.3 is 10.1 Å². The molecule has 1 aromatic carbocycles. The third-order valence-electron chi connectivity index (χ3n) is 5.23. The Labute approximate surface area is 138 Å². The van der Waals surface area contributed by atoms with Gasteiger partial charge in [0.25, 0.3) is 0 Å². The first-order valence-corrected chi connectivity index (χ1v) is 8.66. The smallest absolute Gasteiger partial charge is 0.124 e. The minimum atomic E-state index is 0.0505. The summed E-state index contributed by atoms with van der Waals surface area (Å²) in [7, 11) is 0. The molecule has 1 spiro atoms. The van der Waals surface area contributed by atoms with Gasteiger partial charge in [0.2, 0.25) is 0 Å². The Balaban J connectivity index is 1.60. The van der Waals surface area contributed by atoms with E-state index in [4.69, 9.17) is 4.74 Å². The summed E-state index contributed by atoms with van der Waals surface area (Å²) in [6.07, 6.45) is 9.78. The summed E-state index contributed by atoms with van der Waals surface area (Å²) >= 11 is 0. The van der Waals surface area contributed by atoms with Gasteiger partial charge in [-0.3, -0.25) is 4.98 Å². The van der Waals surface area contributed by atoms with Gasteiger partial charge >= 0.3 is 0 Å². The molecule has 4 rings (SSSR count). The van der Waals surface area contributed by atoms with E-state index < -0.39 is 0 Å². The quantitative estimate of drug-likeness (QED) is 0.917. The predicted octanol–water partition coefficient (Wildman–Crippen LogP) is 4.32. The third kappa shape index (κ3) is 2.98. The molecule has 0 amide bonds.